The van der Waals surface area contributed by atoms with E-state index in [0.717, 1.165) is 0 Å². The van der Waals surface area contributed by atoms with Crippen LogP contribution >= 0.6 is 0 Å². The van der Waals surface area contributed by atoms with Crippen LogP contribution in [0.4, 0.5) is 0 Å². The summed E-state index contributed by atoms with van der Waals surface area (Å²) in [7, 11) is 0. The number of aliphatic carboxylic acids is 1. The number of carboxylic acids is 1. The van der Waals surface area contributed by atoms with Crippen LogP contribution in [0.5, 0.6) is 0 Å². The maximum absolute atomic E-state index is 10.7. The first-order valence-electron chi connectivity index (χ1n) is 3.72. The Labute approximate surface area is 68.3 Å². The number of hydrogen-bond acceptors (Lipinski definition) is 4. The van der Waals surface area contributed by atoms with Crippen molar-refractivity contribution in [3.05, 3.63) is 0 Å². The maximum atomic E-state index is 10.7. The molecule has 0 spiro atoms. The summed E-state index contributed by atoms with van der Waals surface area (Å²) in [4.78, 5) is 21.3. The van der Waals surface area contributed by atoms with Crippen molar-refractivity contribution >= 4 is 11.9 Å². The highest BCUT2D eigenvalue weighted by Crippen LogP contribution is 2.36. The summed E-state index contributed by atoms with van der Waals surface area (Å²) >= 11 is 0. The Morgan fingerprint density at radius 3 is 3.00 bits per heavy atom. The fourth-order valence-electron chi connectivity index (χ4n) is 1.62. The van der Waals surface area contributed by atoms with Gasteiger partial charge in [0.05, 0.1) is 18.9 Å². The molecule has 0 saturated carbocycles. The molecule has 2 heterocycles. The summed E-state index contributed by atoms with van der Waals surface area (Å²) in [6, 6.07) is 0. The Morgan fingerprint density at radius 2 is 2.33 bits per heavy atom. The minimum Gasteiger partial charge on any atom is -0.481 e. The molecule has 2 saturated heterocycles. The number of rotatable bonds is 1. The van der Waals surface area contributed by atoms with Gasteiger partial charge in [-0.25, -0.2) is 0 Å². The fourth-order valence-corrected chi connectivity index (χ4v) is 1.62. The van der Waals surface area contributed by atoms with Crippen LogP contribution in [-0.4, -0.2) is 29.9 Å². The predicted molar refractivity (Wildman–Crippen MR) is 35.1 cm³/mol. The molecule has 2 fully saturated rings. The van der Waals surface area contributed by atoms with Gasteiger partial charge < -0.3 is 14.6 Å². The van der Waals surface area contributed by atoms with Crippen molar-refractivity contribution in [2.45, 2.75) is 12.7 Å². The fraction of sp³-hybridized carbons (Fsp3) is 0.714. The van der Waals surface area contributed by atoms with Gasteiger partial charge in [0.15, 0.2) is 0 Å². The molecule has 0 bridgehead atoms. The van der Waals surface area contributed by atoms with Crippen LogP contribution in [0.1, 0.15) is 6.42 Å². The van der Waals surface area contributed by atoms with Crippen molar-refractivity contribution in [1.82, 2.24) is 0 Å². The van der Waals surface area contributed by atoms with Gasteiger partial charge in [-0.3, -0.25) is 9.59 Å². The van der Waals surface area contributed by atoms with Gasteiger partial charge in [-0.2, -0.15) is 0 Å². The lowest BCUT2D eigenvalue weighted by Gasteiger charge is -2.06. The molecule has 0 radical (unpaired) electrons. The van der Waals surface area contributed by atoms with Gasteiger partial charge in [0.1, 0.15) is 0 Å². The SMILES string of the molecule is O=C1C[C@@H]2[C@@H](OC[C@H]2C(=O)O)O1. The van der Waals surface area contributed by atoms with Crippen molar-refractivity contribution in [3.8, 4) is 0 Å². The summed E-state index contributed by atoms with van der Waals surface area (Å²) in [5, 5.41) is 8.70. The zero-order chi connectivity index (χ0) is 8.72. The van der Waals surface area contributed by atoms with Gasteiger partial charge >= 0.3 is 11.9 Å². The van der Waals surface area contributed by atoms with E-state index in [1.807, 2.05) is 0 Å². The number of ether oxygens (including phenoxy) is 2. The molecule has 5 heteroatoms. The summed E-state index contributed by atoms with van der Waals surface area (Å²) in [6.07, 6.45) is -0.444. The third-order valence-corrected chi connectivity index (χ3v) is 2.27. The summed E-state index contributed by atoms with van der Waals surface area (Å²) in [6.45, 7) is 0.151. The highest BCUT2D eigenvalue weighted by molar-refractivity contribution is 5.76. The third-order valence-electron chi connectivity index (χ3n) is 2.27. The molecule has 2 aliphatic heterocycles. The Morgan fingerprint density at radius 1 is 1.58 bits per heavy atom. The lowest BCUT2D eigenvalue weighted by molar-refractivity contribution is -0.158. The van der Waals surface area contributed by atoms with E-state index < -0.39 is 18.2 Å². The van der Waals surface area contributed by atoms with E-state index in [1.54, 1.807) is 0 Å². The monoisotopic (exact) mass is 172 g/mol. The van der Waals surface area contributed by atoms with Crippen LogP contribution < -0.4 is 0 Å². The second-order valence-electron chi connectivity index (χ2n) is 3.00. The van der Waals surface area contributed by atoms with Gasteiger partial charge in [0.25, 0.3) is 0 Å². The summed E-state index contributed by atoms with van der Waals surface area (Å²) < 4.78 is 9.74. The zero-order valence-corrected chi connectivity index (χ0v) is 6.23. The van der Waals surface area contributed by atoms with Crippen LogP contribution in [-0.2, 0) is 19.1 Å². The van der Waals surface area contributed by atoms with E-state index in [9.17, 15) is 9.59 Å². The first kappa shape index (κ1) is 7.54. The maximum Gasteiger partial charge on any atom is 0.309 e. The van der Waals surface area contributed by atoms with Gasteiger partial charge in [-0.05, 0) is 0 Å². The van der Waals surface area contributed by atoms with Gasteiger partial charge in [-0.1, -0.05) is 0 Å². The molecule has 66 valence electrons. The number of carbonyl (C=O) groups excluding carboxylic acids is 1. The second kappa shape index (κ2) is 2.45. The first-order chi connectivity index (χ1) is 5.68. The summed E-state index contributed by atoms with van der Waals surface area (Å²) in [5.41, 5.74) is 0. The number of fused-ring (bicyclic) bond motifs is 1. The molecule has 5 nitrogen and oxygen atoms in total. The molecule has 0 aromatic rings. The topological polar surface area (TPSA) is 72.8 Å². The van der Waals surface area contributed by atoms with Crippen LogP contribution in [0.3, 0.4) is 0 Å². The van der Waals surface area contributed by atoms with Gasteiger partial charge in [-0.15, -0.1) is 0 Å². The van der Waals surface area contributed by atoms with E-state index in [-0.39, 0.29) is 24.9 Å². The molecule has 1 N–H and O–H groups in total. The molecule has 2 aliphatic rings. The van der Waals surface area contributed by atoms with Crippen LogP contribution in [0.2, 0.25) is 0 Å². The highest BCUT2D eigenvalue weighted by atomic mass is 16.7. The van der Waals surface area contributed by atoms with E-state index in [0.29, 0.717) is 0 Å². The summed E-state index contributed by atoms with van der Waals surface area (Å²) in [5.74, 6) is -2.15. The molecule has 0 unspecified atom stereocenters. The smallest absolute Gasteiger partial charge is 0.309 e. The van der Waals surface area contributed by atoms with Gasteiger partial charge in [0, 0.05) is 5.92 Å². The van der Waals surface area contributed by atoms with E-state index in [1.165, 1.54) is 0 Å². The average molecular weight is 172 g/mol. The molecule has 0 aliphatic carbocycles. The molecule has 0 aromatic heterocycles. The van der Waals surface area contributed by atoms with Gasteiger partial charge in [0.2, 0.25) is 6.29 Å². The number of carboxylic acid groups (broad SMARTS) is 1. The molecule has 3 atom stereocenters. The molecular formula is C7H8O5. The van der Waals surface area contributed by atoms with Crippen molar-refractivity contribution in [3.63, 3.8) is 0 Å². The van der Waals surface area contributed by atoms with E-state index >= 15 is 0 Å². The largest absolute Gasteiger partial charge is 0.481 e. The average Bonchev–Trinajstić information content (AvgIpc) is 2.43. The minimum absolute atomic E-state index is 0.151. The minimum atomic E-state index is -0.916. The Bertz CT molecular complexity index is 236. The Hall–Kier alpha value is -1.10. The molecule has 0 aromatic carbocycles. The number of esters is 1. The second-order valence-corrected chi connectivity index (χ2v) is 3.00. The highest BCUT2D eigenvalue weighted by Gasteiger charge is 2.49. The van der Waals surface area contributed by atoms with Crippen LogP contribution in [0.15, 0.2) is 0 Å². The van der Waals surface area contributed by atoms with Crippen molar-refractivity contribution in [2.75, 3.05) is 6.61 Å². The predicted octanol–water partition coefficient (Wildman–Crippen LogP) is -0.393. The first-order valence-corrected chi connectivity index (χ1v) is 3.72. The van der Waals surface area contributed by atoms with Crippen molar-refractivity contribution < 1.29 is 24.2 Å². The lowest BCUT2D eigenvalue weighted by atomic mass is 9.94. The molecular weight excluding hydrogens is 164 g/mol. The van der Waals surface area contributed by atoms with Crippen molar-refractivity contribution in [1.29, 1.82) is 0 Å². The Kier molecular flexibility index (Phi) is 1.54. The quantitative estimate of drug-likeness (QED) is 0.545. The van der Waals surface area contributed by atoms with E-state index in [4.69, 9.17) is 14.6 Å². The van der Waals surface area contributed by atoms with Crippen LogP contribution in [0, 0.1) is 11.8 Å². The van der Waals surface area contributed by atoms with E-state index in [2.05, 4.69) is 0 Å². The zero-order valence-electron chi connectivity index (χ0n) is 6.23. The molecule has 2 rings (SSSR count). The molecule has 0 amide bonds. The molecule has 12 heavy (non-hydrogen) atoms. The standard InChI is InChI=1S/C7H8O5/c8-5-1-3-4(6(9)10)2-11-7(3)12-5/h3-4,7H,1-2H2,(H,9,10)/t3-,4+,7-/m0/s1. The third kappa shape index (κ3) is 0.972. The number of carbonyl (C=O) groups is 2. The lowest BCUT2D eigenvalue weighted by Crippen LogP contribution is -2.22. The van der Waals surface area contributed by atoms with Crippen LogP contribution in [0.25, 0.3) is 0 Å². The Balaban J connectivity index is 2.13. The normalized spacial score (nSPS) is 39.3. The number of hydrogen-bond donors (Lipinski definition) is 1. The van der Waals surface area contributed by atoms with Crippen molar-refractivity contribution in [2.24, 2.45) is 11.8 Å².